The van der Waals surface area contributed by atoms with Crippen LogP contribution in [-0.2, 0) is 5.41 Å². The van der Waals surface area contributed by atoms with Gasteiger partial charge in [-0.05, 0) is 148 Å². The molecule has 0 unspecified atom stereocenters. The predicted octanol–water partition coefficient (Wildman–Crippen LogP) is 15.9. The van der Waals surface area contributed by atoms with Gasteiger partial charge < -0.3 is 14.0 Å². The van der Waals surface area contributed by atoms with Crippen LogP contribution in [0.1, 0.15) is 51.7 Å². The van der Waals surface area contributed by atoms with E-state index in [-0.39, 0.29) is 12.1 Å². The molecule has 0 spiro atoms. The van der Waals surface area contributed by atoms with Gasteiger partial charge in [-0.15, -0.1) is 0 Å². The molecule has 3 nitrogen and oxygen atoms in total. The van der Waals surface area contributed by atoms with E-state index in [1.165, 1.54) is 137 Å². The Labute approximate surface area is 419 Å². The van der Waals surface area contributed by atoms with E-state index in [4.69, 9.17) is 0 Å². The second-order valence-corrected chi connectivity index (χ2v) is 21.5. The number of para-hydroxylation sites is 1. The minimum absolute atomic E-state index is 0.142. The SMILES string of the molecule is [2H]C(C)(C)c1ccc2c(c1)B1c3c(cc(-n4c5cccc6c5c5c7c(cccc7ccc54)-c4ccccc4-6)cc3-n3c4ccc5ccccc5c4c4cc5c(c1c43)-c1ccccc1C5(C)C)N2c1ccccc1. The Kier molecular flexibility index (Phi) is 7.12. The summed E-state index contributed by atoms with van der Waals surface area (Å²) >= 11 is 0. The van der Waals surface area contributed by atoms with Crippen molar-refractivity contribution < 1.29 is 1.37 Å². The molecular weight excluding hydrogens is 870 g/mol. The summed E-state index contributed by atoms with van der Waals surface area (Å²) in [5.41, 5.74) is 25.8. The van der Waals surface area contributed by atoms with Gasteiger partial charge in [0.25, 0.3) is 6.71 Å². The minimum Gasteiger partial charge on any atom is -0.311 e. The van der Waals surface area contributed by atoms with Crippen molar-refractivity contribution in [1.82, 2.24) is 9.13 Å². The van der Waals surface area contributed by atoms with Gasteiger partial charge in [-0.1, -0.05) is 173 Å². The maximum absolute atomic E-state index is 9.52. The van der Waals surface area contributed by atoms with E-state index >= 15 is 0 Å². The third kappa shape index (κ3) is 4.65. The number of aromatic nitrogens is 2. The van der Waals surface area contributed by atoms with Gasteiger partial charge >= 0.3 is 0 Å². The molecule has 0 saturated carbocycles. The highest BCUT2D eigenvalue weighted by Crippen LogP contribution is 2.54. The van der Waals surface area contributed by atoms with Crippen LogP contribution in [0.2, 0.25) is 0 Å². The minimum atomic E-state index is -0.812. The predicted molar refractivity (Wildman–Crippen MR) is 306 cm³/mol. The van der Waals surface area contributed by atoms with Gasteiger partial charge in [-0.2, -0.15) is 0 Å². The Balaban J connectivity index is 1.10. The molecular formula is C68H46BN3. The van der Waals surface area contributed by atoms with Gasteiger partial charge in [0.1, 0.15) is 0 Å². The summed E-state index contributed by atoms with van der Waals surface area (Å²) in [5, 5.41) is 10.3. The lowest BCUT2D eigenvalue weighted by atomic mass is 9.32. The largest absolute Gasteiger partial charge is 0.311 e. The monoisotopic (exact) mass is 916 g/mol. The number of hydrogen-bond acceptors (Lipinski definition) is 1. The van der Waals surface area contributed by atoms with Crippen molar-refractivity contribution in [3.63, 3.8) is 0 Å². The summed E-state index contributed by atoms with van der Waals surface area (Å²) in [6.45, 7) is 8.77. The van der Waals surface area contributed by atoms with Crippen LogP contribution in [0.3, 0.4) is 0 Å². The van der Waals surface area contributed by atoms with E-state index in [9.17, 15) is 1.37 Å². The van der Waals surface area contributed by atoms with Crippen LogP contribution in [0.5, 0.6) is 0 Å². The van der Waals surface area contributed by atoms with E-state index in [1.54, 1.807) is 0 Å². The normalized spacial score (nSPS) is 14.6. The van der Waals surface area contributed by atoms with Crippen LogP contribution in [0.15, 0.2) is 200 Å². The first-order chi connectivity index (χ1) is 35.6. The molecule has 11 aromatic carbocycles. The topological polar surface area (TPSA) is 13.1 Å². The Hall–Kier alpha value is -8.60. The number of rotatable bonds is 3. The highest BCUT2D eigenvalue weighted by molar-refractivity contribution is 7.01. The second kappa shape index (κ2) is 13.4. The Morgan fingerprint density at radius 1 is 0.444 bits per heavy atom. The van der Waals surface area contributed by atoms with Crippen LogP contribution >= 0.6 is 0 Å². The lowest BCUT2D eigenvalue weighted by Crippen LogP contribution is -2.61. The van der Waals surface area contributed by atoms with Crippen LogP contribution in [0.25, 0.3) is 110 Å². The molecule has 0 amide bonds. The van der Waals surface area contributed by atoms with Crippen LogP contribution in [-0.4, -0.2) is 15.8 Å². The quantitative estimate of drug-likeness (QED) is 0.161. The molecule has 72 heavy (non-hydrogen) atoms. The number of nitrogens with zero attached hydrogens (tertiary/aromatic N) is 3. The van der Waals surface area contributed by atoms with Gasteiger partial charge in [-0.3, -0.25) is 0 Å². The Bertz CT molecular complexity index is 4700. The molecule has 0 saturated heterocycles. The van der Waals surface area contributed by atoms with Crippen molar-refractivity contribution in [2.75, 3.05) is 4.90 Å². The fourth-order valence-electron chi connectivity index (χ4n) is 14.4. The molecule has 4 heterocycles. The average Bonchev–Trinajstić information content (AvgIpc) is 4.00. The maximum Gasteiger partial charge on any atom is 0.253 e. The molecule has 17 rings (SSSR count). The van der Waals surface area contributed by atoms with E-state index in [0.29, 0.717) is 0 Å². The number of fused-ring (bicyclic) bond motifs is 16. The van der Waals surface area contributed by atoms with Crippen molar-refractivity contribution in [3.8, 4) is 44.8 Å². The third-order valence-electron chi connectivity index (χ3n) is 17.4. The van der Waals surface area contributed by atoms with E-state index in [1.807, 2.05) is 13.8 Å². The lowest BCUT2D eigenvalue weighted by molar-refractivity contribution is 0.661. The van der Waals surface area contributed by atoms with Gasteiger partial charge in [0.05, 0.1) is 27.8 Å². The maximum atomic E-state index is 9.52. The molecule has 13 aromatic rings. The van der Waals surface area contributed by atoms with Crippen molar-refractivity contribution in [3.05, 3.63) is 217 Å². The van der Waals surface area contributed by atoms with Gasteiger partial charge in [0, 0.05) is 51.1 Å². The highest BCUT2D eigenvalue weighted by atomic mass is 15.2. The Morgan fingerprint density at radius 3 is 1.92 bits per heavy atom. The zero-order valence-electron chi connectivity index (χ0n) is 41.5. The molecule has 2 aliphatic carbocycles. The molecule has 0 atom stereocenters. The highest BCUT2D eigenvalue weighted by Gasteiger charge is 2.48. The fraction of sp³-hybridized carbons (Fsp3) is 0.0882. The zero-order chi connectivity index (χ0) is 48.4. The second-order valence-electron chi connectivity index (χ2n) is 21.5. The summed E-state index contributed by atoms with van der Waals surface area (Å²) in [6.07, 6.45) is 0. The van der Waals surface area contributed by atoms with Gasteiger partial charge in [-0.25, -0.2) is 0 Å². The standard InChI is InChI=1S/C68H46BN3/c1-38(2)41-30-31-54-53(34-41)69-65-58(70(54)42-18-6-5-7-19-42)35-43(71-55-27-15-25-48-46-22-11-10-21-45(46)47-24-14-17-40-29-33-57(71)64(60(40)47)63(48)55)36-59(65)72-56-32-28-39-16-8-9-20-44(39)61(56)50-37-52-62(66(69)67(50)72)49-23-12-13-26-51(49)68(52,3)4/h5-38H,1-4H3/i38D. The van der Waals surface area contributed by atoms with Gasteiger partial charge in [0.2, 0.25) is 0 Å². The van der Waals surface area contributed by atoms with Crippen LogP contribution < -0.4 is 21.3 Å². The fourth-order valence-corrected chi connectivity index (χ4v) is 14.4. The Morgan fingerprint density at radius 2 is 1.10 bits per heavy atom. The molecule has 0 N–H and O–H groups in total. The first-order valence-electron chi connectivity index (χ1n) is 26.1. The molecule has 4 aliphatic rings. The smallest absolute Gasteiger partial charge is 0.253 e. The van der Waals surface area contributed by atoms with Crippen molar-refractivity contribution in [2.24, 2.45) is 0 Å². The molecule has 336 valence electrons. The van der Waals surface area contributed by atoms with E-state index in [2.05, 4.69) is 228 Å². The first-order valence-corrected chi connectivity index (χ1v) is 25.6. The molecule has 0 radical (unpaired) electrons. The summed E-state index contributed by atoms with van der Waals surface area (Å²) in [7, 11) is 0. The zero-order valence-corrected chi connectivity index (χ0v) is 40.5. The molecule has 2 aromatic heterocycles. The lowest BCUT2D eigenvalue weighted by Gasteiger charge is -2.41. The summed E-state index contributed by atoms with van der Waals surface area (Å²) in [4.78, 5) is 2.53. The first kappa shape index (κ1) is 38.2. The molecule has 0 bridgehead atoms. The van der Waals surface area contributed by atoms with Crippen LogP contribution in [0.4, 0.5) is 17.1 Å². The van der Waals surface area contributed by atoms with Crippen molar-refractivity contribution in [2.45, 2.75) is 39.0 Å². The van der Waals surface area contributed by atoms with Crippen molar-refractivity contribution in [1.29, 1.82) is 0 Å². The number of anilines is 3. The third-order valence-corrected chi connectivity index (χ3v) is 17.4. The molecule has 2 aliphatic heterocycles. The number of benzene rings is 11. The summed E-state index contributed by atoms with van der Waals surface area (Å²) in [6, 6.07) is 75.8. The molecule has 4 heteroatoms. The average molecular weight is 917 g/mol. The van der Waals surface area contributed by atoms with Crippen LogP contribution in [0, 0.1) is 0 Å². The van der Waals surface area contributed by atoms with E-state index < -0.39 is 5.89 Å². The summed E-state index contributed by atoms with van der Waals surface area (Å²) < 4.78 is 14.8. The molecule has 0 fully saturated rings. The van der Waals surface area contributed by atoms with Crippen molar-refractivity contribution >= 4 is 105 Å². The van der Waals surface area contributed by atoms with E-state index in [0.717, 1.165) is 22.6 Å². The summed E-state index contributed by atoms with van der Waals surface area (Å²) in [5.74, 6) is -0.812. The van der Waals surface area contributed by atoms with Gasteiger partial charge in [0.15, 0.2) is 0 Å². The number of hydrogen-bond donors (Lipinski definition) is 0.